The number of fused-ring (bicyclic) bond motifs is 1. The summed E-state index contributed by atoms with van der Waals surface area (Å²) in [4.78, 5) is 14.4. The number of nitrogens with one attached hydrogen (secondary N) is 1. The zero-order valence-electron chi connectivity index (χ0n) is 18.8. The number of likely N-dealkylation sites (N-methyl/N-ethyl adjacent to an activating group) is 1. The van der Waals surface area contributed by atoms with Crippen LogP contribution in [0.5, 0.6) is 5.75 Å². The lowest BCUT2D eigenvalue weighted by Gasteiger charge is -2.30. The fourth-order valence-electron chi connectivity index (χ4n) is 3.75. The van der Waals surface area contributed by atoms with Gasteiger partial charge in [-0.15, -0.1) is 0 Å². The molecule has 0 saturated heterocycles. The minimum Gasteiger partial charge on any atom is -0.482 e. The van der Waals surface area contributed by atoms with Crippen molar-refractivity contribution in [1.82, 2.24) is 14.5 Å². The highest BCUT2D eigenvalue weighted by Gasteiger charge is 2.24. The Bertz CT molecular complexity index is 1050. The highest BCUT2D eigenvalue weighted by atomic mass is 32.2. The van der Waals surface area contributed by atoms with Crippen LogP contribution < -0.4 is 15.8 Å². The van der Waals surface area contributed by atoms with Crippen molar-refractivity contribution < 1.29 is 23.1 Å². The second kappa shape index (κ2) is 11.6. The van der Waals surface area contributed by atoms with E-state index in [1.54, 1.807) is 12.1 Å². The summed E-state index contributed by atoms with van der Waals surface area (Å²) in [5.41, 5.74) is 8.07. The largest absolute Gasteiger partial charge is 0.482 e. The minimum absolute atomic E-state index is 0.0286. The lowest BCUT2D eigenvalue weighted by Crippen LogP contribution is -2.43. The third-order valence-corrected chi connectivity index (χ3v) is 7.45. The third kappa shape index (κ3) is 6.75. The Kier molecular flexibility index (Phi) is 8.81. The summed E-state index contributed by atoms with van der Waals surface area (Å²) in [7, 11) is -2.35. The number of nitrogens with two attached hydrogens (primary N) is 1. The van der Waals surface area contributed by atoms with Crippen LogP contribution in [0.2, 0.25) is 0 Å². The van der Waals surface area contributed by atoms with Gasteiger partial charge in [0.05, 0.1) is 6.10 Å². The fraction of sp³-hybridized carbons (Fsp3) is 0.435. The summed E-state index contributed by atoms with van der Waals surface area (Å²) in [6.07, 6.45) is 0.211. The predicted octanol–water partition coefficient (Wildman–Crippen LogP) is 0.180. The molecule has 10 heteroatoms. The highest BCUT2D eigenvalue weighted by Crippen LogP contribution is 2.25. The molecule has 0 radical (unpaired) electrons. The molecule has 4 N–H and O–H groups in total. The molecule has 1 aliphatic heterocycles. The Balaban J connectivity index is 1.47. The number of ether oxygens (including phenoxy) is 1. The first kappa shape index (κ1) is 25.1. The number of nitrogens with zero attached hydrogens (tertiary/aromatic N) is 2. The molecule has 180 valence electrons. The third-order valence-electron chi connectivity index (χ3n) is 5.55. The van der Waals surface area contributed by atoms with Gasteiger partial charge < -0.3 is 20.9 Å². The summed E-state index contributed by atoms with van der Waals surface area (Å²) in [5, 5.41) is 13.0. The van der Waals surface area contributed by atoms with Crippen molar-refractivity contribution in [1.29, 1.82) is 0 Å². The van der Waals surface area contributed by atoms with E-state index in [4.69, 9.17) is 10.5 Å². The van der Waals surface area contributed by atoms with Gasteiger partial charge in [0, 0.05) is 46.3 Å². The number of aliphatic hydroxyl groups excluding tert-OH is 1. The lowest BCUT2D eigenvalue weighted by molar-refractivity contribution is -0.123. The molecule has 1 atom stereocenters. The van der Waals surface area contributed by atoms with Gasteiger partial charge in [0.25, 0.3) is 5.91 Å². The molecule has 33 heavy (non-hydrogen) atoms. The van der Waals surface area contributed by atoms with Crippen LogP contribution in [0.4, 0.5) is 0 Å². The molecule has 0 spiro atoms. The summed E-state index contributed by atoms with van der Waals surface area (Å²) in [5.74, 6) is -0.357. The van der Waals surface area contributed by atoms with Crippen molar-refractivity contribution in [2.24, 2.45) is 5.73 Å². The van der Waals surface area contributed by atoms with Gasteiger partial charge in [-0.3, -0.25) is 9.69 Å². The second-order valence-electron chi connectivity index (χ2n) is 8.06. The molecular weight excluding hydrogens is 444 g/mol. The van der Waals surface area contributed by atoms with Crippen LogP contribution in [-0.2, 0) is 27.8 Å². The van der Waals surface area contributed by atoms with Crippen LogP contribution in [0.1, 0.15) is 11.1 Å². The molecule has 2 aromatic rings. The number of β-amino-alcohol motifs (C(OH)–C–C–N with tert-alkyl or cyclic N) is 1. The number of rotatable bonds is 11. The van der Waals surface area contributed by atoms with E-state index in [1.807, 2.05) is 12.1 Å². The van der Waals surface area contributed by atoms with Crippen LogP contribution in [0.25, 0.3) is 0 Å². The van der Waals surface area contributed by atoms with Crippen molar-refractivity contribution in [2.75, 3.05) is 46.4 Å². The Hall–Kier alpha value is -2.50. The Morgan fingerprint density at radius 3 is 2.67 bits per heavy atom. The summed E-state index contributed by atoms with van der Waals surface area (Å²) >= 11 is 0. The molecule has 0 saturated carbocycles. The molecule has 3 rings (SSSR count). The smallest absolute Gasteiger partial charge is 0.258 e. The molecule has 0 aromatic heterocycles. The van der Waals surface area contributed by atoms with Crippen LogP contribution in [0.15, 0.2) is 53.4 Å². The normalized spacial score (nSPS) is 15.2. The Morgan fingerprint density at radius 1 is 1.21 bits per heavy atom. The number of aliphatic hydroxyl groups is 1. The molecule has 1 heterocycles. The first-order chi connectivity index (χ1) is 15.8. The molecular formula is C23H32N4O5S. The van der Waals surface area contributed by atoms with Crippen molar-refractivity contribution >= 4 is 15.9 Å². The number of carbonyl (C=O) groups is 1. The van der Waals surface area contributed by atoms with Crippen LogP contribution >= 0.6 is 0 Å². The van der Waals surface area contributed by atoms with E-state index in [1.165, 1.54) is 30.3 Å². The molecule has 9 nitrogen and oxygen atoms in total. The fourth-order valence-corrected chi connectivity index (χ4v) is 5.06. The van der Waals surface area contributed by atoms with Gasteiger partial charge in [0.2, 0.25) is 10.0 Å². The number of hydrogen-bond acceptors (Lipinski definition) is 7. The van der Waals surface area contributed by atoms with Crippen LogP contribution in [-0.4, -0.2) is 81.1 Å². The van der Waals surface area contributed by atoms with Gasteiger partial charge >= 0.3 is 0 Å². The number of hydrogen-bond donors (Lipinski definition) is 3. The Morgan fingerprint density at radius 2 is 1.91 bits per heavy atom. The molecule has 1 aliphatic rings. The van der Waals surface area contributed by atoms with Crippen molar-refractivity contribution in [3.8, 4) is 5.75 Å². The van der Waals surface area contributed by atoms with Crippen molar-refractivity contribution in [3.63, 3.8) is 0 Å². The summed E-state index contributed by atoms with van der Waals surface area (Å²) in [6, 6.07) is 14.4. The number of sulfonamides is 1. The number of carbonyl (C=O) groups excluding carboxylic acids is 1. The van der Waals surface area contributed by atoms with E-state index in [-0.39, 0.29) is 36.9 Å². The standard InChI is InChI=1S/C23H32N4O5S/c1-26(13-11-24)33(30,31)22-9-5-4-8-21(22)32-17-23(29)25-14-20(28)16-27-12-10-18-6-2-3-7-19(18)15-27/h2-9,20,28H,10-17,24H2,1H3,(H,25,29)/t20-/m1/s1. The number of benzene rings is 2. The zero-order chi connectivity index (χ0) is 23.8. The Labute approximate surface area is 195 Å². The maximum absolute atomic E-state index is 12.7. The van der Waals surface area contributed by atoms with E-state index in [0.717, 1.165) is 23.8 Å². The quantitative estimate of drug-likeness (QED) is 0.422. The lowest BCUT2D eigenvalue weighted by atomic mass is 10.00. The average molecular weight is 477 g/mol. The van der Waals surface area contributed by atoms with Gasteiger partial charge in [-0.25, -0.2) is 8.42 Å². The van der Waals surface area contributed by atoms with Crippen molar-refractivity contribution in [3.05, 3.63) is 59.7 Å². The molecule has 0 bridgehead atoms. The second-order valence-corrected chi connectivity index (χ2v) is 10.1. The van der Waals surface area contributed by atoms with Crippen LogP contribution in [0, 0.1) is 0 Å². The van der Waals surface area contributed by atoms with E-state index < -0.39 is 22.0 Å². The summed E-state index contributed by atoms with van der Waals surface area (Å²) < 4.78 is 32.1. The number of para-hydroxylation sites is 1. The molecule has 0 fully saturated rings. The maximum atomic E-state index is 12.7. The topological polar surface area (TPSA) is 125 Å². The minimum atomic E-state index is -3.79. The van der Waals surface area contributed by atoms with E-state index in [9.17, 15) is 18.3 Å². The highest BCUT2D eigenvalue weighted by molar-refractivity contribution is 7.89. The van der Waals surface area contributed by atoms with E-state index in [0.29, 0.717) is 6.54 Å². The predicted molar refractivity (Wildman–Crippen MR) is 125 cm³/mol. The van der Waals surface area contributed by atoms with Gasteiger partial charge in [0.15, 0.2) is 6.61 Å². The number of amides is 1. The first-order valence-electron chi connectivity index (χ1n) is 10.9. The first-order valence-corrected chi connectivity index (χ1v) is 12.4. The molecule has 2 aromatic carbocycles. The van der Waals surface area contributed by atoms with Gasteiger partial charge in [0.1, 0.15) is 10.6 Å². The monoisotopic (exact) mass is 476 g/mol. The molecule has 1 amide bonds. The average Bonchev–Trinajstić information content (AvgIpc) is 2.81. The van der Waals surface area contributed by atoms with Gasteiger partial charge in [-0.2, -0.15) is 4.31 Å². The van der Waals surface area contributed by atoms with E-state index >= 15 is 0 Å². The van der Waals surface area contributed by atoms with Crippen LogP contribution in [0.3, 0.4) is 0 Å². The molecule has 0 unspecified atom stereocenters. The zero-order valence-corrected chi connectivity index (χ0v) is 19.6. The van der Waals surface area contributed by atoms with Crippen molar-refractivity contribution in [2.45, 2.75) is 24.0 Å². The van der Waals surface area contributed by atoms with Gasteiger partial charge in [-0.05, 0) is 29.7 Å². The SMILES string of the molecule is CN(CCN)S(=O)(=O)c1ccccc1OCC(=O)NC[C@@H](O)CN1CCc2ccccc2C1. The van der Waals surface area contributed by atoms with E-state index in [2.05, 4.69) is 22.3 Å². The maximum Gasteiger partial charge on any atom is 0.258 e. The van der Waals surface area contributed by atoms with Gasteiger partial charge in [-0.1, -0.05) is 36.4 Å². The molecule has 0 aliphatic carbocycles. The summed E-state index contributed by atoms with van der Waals surface area (Å²) in [6.45, 7) is 2.15.